The van der Waals surface area contributed by atoms with E-state index in [0.29, 0.717) is 30.2 Å². The summed E-state index contributed by atoms with van der Waals surface area (Å²) in [6, 6.07) is 4.09. The van der Waals surface area contributed by atoms with Crippen LogP contribution < -0.4 is 5.32 Å². The summed E-state index contributed by atoms with van der Waals surface area (Å²) >= 11 is 0. The Morgan fingerprint density at radius 1 is 1.36 bits per heavy atom. The first-order valence-electron chi connectivity index (χ1n) is 8.59. The number of hydrogen-bond acceptors (Lipinski definition) is 7. The van der Waals surface area contributed by atoms with Crippen LogP contribution in [0.5, 0.6) is 0 Å². The zero-order valence-corrected chi connectivity index (χ0v) is 14.4. The maximum absolute atomic E-state index is 5.33. The van der Waals surface area contributed by atoms with E-state index in [4.69, 9.17) is 4.52 Å². The second-order valence-electron chi connectivity index (χ2n) is 6.59. The van der Waals surface area contributed by atoms with Crippen molar-refractivity contribution in [2.24, 2.45) is 0 Å². The van der Waals surface area contributed by atoms with Crippen LogP contribution in [0.2, 0.25) is 0 Å². The van der Waals surface area contributed by atoms with E-state index in [2.05, 4.69) is 44.4 Å². The Kier molecular flexibility index (Phi) is 4.27. The monoisotopic (exact) mass is 339 g/mol. The molecule has 1 N–H and O–H groups in total. The van der Waals surface area contributed by atoms with Crippen LogP contribution in [0.4, 0.5) is 0 Å². The van der Waals surface area contributed by atoms with Gasteiger partial charge < -0.3 is 9.84 Å². The smallest absolute Gasteiger partial charge is 0.240 e. The fourth-order valence-corrected chi connectivity index (χ4v) is 2.91. The fraction of sp³-hybridized carbons (Fsp3) is 0.471. The maximum Gasteiger partial charge on any atom is 0.240 e. The number of aryl methyl sites for hydroxylation is 1. The molecule has 1 atom stereocenters. The van der Waals surface area contributed by atoms with Crippen molar-refractivity contribution in [1.82, 2.24) is 35.2 Å². The van der Waals surface area contributed by atoms with Gasteiger partial charge in [0.25, 0.3) is 0 Å². The Labute approximate surface area is 145 Å². The molecule has 3 aromatic heterocycles. The van der Waals surface area contributed by atoms with Crippen molar-refractivity contribution in [3.05, 3.63) is 42.1 Å². The third-order valence-electron chi connectivity index (χ3n) is 4.32. The predicted molar refractivity (Wildman–Crippen MR) is 90.6 cm³/mol. The molecule has 1 aliphatic heterocycles. The molecule has 0 aliphatic carbocycles. The Hall–Kier alpha value is -2.61. The first-order valence-corrected chi connectivity index (χ1v) is 8.59. The summed E-state index contributed by atoms with van der Waals surface area (Å²) in [5.74, 6) is 3.50. The summed E-state index contributed by atoms with van der Waals surface area (Å²) < 4.78 is 7.35. The molecule has 0 fully saturated rings. The molecular weight excluding hydrogens is 318 g/mol. The molecule has 8 nitrogen and oxygen atoms in total. The van der Waals surface area contributed by atoms with E-state index in [0.717, 1.165) is 36.6 Å². The average molecular weight is 339 g/mol. The second kappa shape index (κ2) is 6.72. The van der Waals surface area contributed by atoms with Crippen LogP contribution in [-0.2, 0) is 19.5 Å². The standard InChI is InChI=1S/C17H21N7O/c1-11(2)16-20-14-6-5-13(10-24(14)22-16)19-9-15-21-17(23-25-15)12-4-3-7-18-8-12/h3-4,7-8,11,13,19H,5-6,9-10H2,1-2H3/t13-/m0/s1. The van der Waals surface area contributed by atoms with E-state index in [1.165, 1.54) is 0 Å². The first-order chi connectivity index (χ1) is 12.2. The molecule has 0 radical (unpaired) electrons. The van der Waals surface area contributed by atoms with Crippen molar-refractivity contribution in [3.8, 4) is 11.4 Å². The zero-order chi connectivity index (χ0) is 17.2. The number of pyridine rings is 1. The van der Waals surface area contributed by atoms with Gasteiger partial charge in [-0.05, 0) is 18.6 Å². The van der Waals surface area contributed by atoms with Gasteiger partial charge in [-0.3, -0.25) is 4.98 Å². The minimum atomic E-state index is 0.322. The van der Waals surface area contributed by atoms with Crippen molar-refractivity contribution in [3.63, 3.8) is 0 Å². The Morgan fingerprint density at radius 3 is 3.08 bits per heavy atom. The highest BCUT2D eigenvalue weighted by Crippen LogP contribution is 2.18. The molecule has 0 aromatic carbocycles. The van der Waals surface area contributed by atoms with Crippen molar-refractivity contribution in [2.45, 2.75) is 51.7 Å². The van der Waals surface area contributed by atoms with Crippen molar-refractivity contribution in [1.29, 1.82) is 0 Å². The van der Waals surface area contributed by atoms with Gasteiger partial charge in [0.05, 0.1) is 13.1 Å². The molecule has 0 saturated carbocycles. The van der Waals surface area contributed by atoms with E-state index < -0.39 is 0 Å². The largest absolute Gasteiger partial charge is 0.338 e. The van der Waals surface area contributed by atoms with Gasteiger partial charge in [-0.1, -0.05) is 19.0 Å². The third kappa shape index (κ3) is 3.43. The molecule has 0 spiro atoms. The zero-order valence-electron chi connectivity index (χ0n) is 14.4. The van der Waals surface area contributed by atoms with Crippen LogP contribution in [0, 0.1) is 0 Å². The van der Waals surface area contributed by atoms with E-state index in [9.17, 15) is 0 Å². The topological polar surface area (TPSA) is 94.6 Å². The molecule has 4 rings (SSSR count). The van der Waals surface area contributed by atoms with Crippen LogP contribution in [0.25, 0.3) is 11.4 Å². The van der Waals surface area contributed by atoms with Gasteiger partial charge in [0.2, 0.25) is 11.7 Å². The molecule has 0 bridgehead atoms. The lowest BCUT2D eigenvalue weighted by atomic mass is 10.1. The number of nitrogens with one attached hydrogen (secondary N) is 1. The van der Waals surface area contributed by atoms with Gasteiger partial charge in [0.1, 0.15) is 5.82 Å². The minimum absolute atomic E-state index is 0.322. The van der Waals surface area contributed by atoms with Gasteiger partial charge in [0, 0.05) is 36.3 Å². The molecule has 8 heteroatoms. The lowest BCUT2D eigenvalue weighted by Gasteiger charge is -2.22. The lowest BCUT2D eigenvalue weighted by molar-refractivity contribution is 0.320. The van der Waals surface area contributed by atoms with E-state index in [1.807, 2.05) is 16.8 Å². The number of nitrogens with zero attached hydrogens (tertiary/aromatic N) is 6. The molecule has 25 heavy (non-hydrogen) atoms. The van der Waals surface area contributed by atoms with Gasteiger partial charge in [-0.25, -0.2) is 9.67 Å². The summed E-state index contributed by atoms with van der Waals surface area (Å²) in [5.41, 5.74) is 0.851. The van der Waals surface area contributed by atoms with Crippen molar-refractivity contribution in [2.75, 3.05) is 0 Å². The molecule has 0 amide bonds. The molecule has 1 aliphatic rings. The van der Waals surface area contributed by atoms with Crippen LogP contribution in [0.3, 0.4) is 0 Å². The summed E-state index contributed by atoms with van der Waals surface area (Å²) in [6.07, 6.45) is 5.40. The highest BCUT2D eigenvalue weighted by molar-refractivity contribution is 5.51. The molecule has 3 aromatic rings. The molecule has 130 valence electrons. The van der Waals surface area contributed by atoms with Gasteiger partial charge in [-0.15, -0.1) is 0 Å². The normalized spacial score (nSPS) is 17.0. The average Bonchev–Trinajstić information content (AvgIpc) is 3.27. The fourth-order valence-electron chi connectivity index (χ4n) is 2.91. The summed E-state index contributed by atoms with van der Waals surface area (Å²) in [5, 5.41) is 12.1. The maximum atomic E-state index is 5.33. The lowest BCUT2D eigenvalue weighted by Crippen LogP contribution is -2.37. The Bertz CT molecular complexity index is 840. The molecule has 4 heterocycles. The molecular formula is C17H21N7O. The van der Waals surface area contributed by atoms with Crippen molar-refractivity contribution < 1.29 is 4.52 Å². The Morgan fingerprint density at radius 2 is 2.28 bits per heavy atom. The number of hydrogen-bond donors (Lipinski definition) is 1. The van der Waals surface area contributed by atoms with Crippen molar-refractivity contribution >= 4 is 0 Å². The summed E-state index contributed by atoms with van der Waals surface area (Å²) in [4.78, 5) is 13.1. The van der Waals surface area contributed by atoms with Gasteiger partial charge in [-0.2, -0.15) is 10.1 Å². The number of aromatic nitrogens is 6. The van der Waals surface area contributed by atoms with E-state index in [-0.39, 0.29) is 0 Å². The summed E-state index contributed by atoms with van der Waals surface area (Å²) in [7, 11) is 0. The van der Waals surface area contributed by atoms with Crippen LogP contribution in [-0.4, -0.2) is 35.9 Å². The molecule has 0 unspecified atom stereocenters. The van der Waals surface area contributed by atoms with Gasteiger partial charge >= 0.3 is 0 Å². The number of fused-ring (bicyclic) bond motifs is 1. The SMILES string of the molecule is CC(C)c1nc2n(n1)C[C@@H](NCc1nc(-c3cccnc3)no1)CC2. The molecule has 0 saturated heterocycles. The highest BCUT2D eigenvalue weighted by atomic mass is 16.5. The second-order valence-corrected chi connectivity index (χ2v) is 6.59. The van der Waals surface area contributed by atoms with Crippen LogP contribution in [0.15, 0.2) is 29.0 Å². The van der Waals surface area contributed by atoms with Crippen LogP contribution >= 0.6 is 0 Å². The Balaban J connectivity index is 1.37. The van der Waals surface area contributed by atoms with E-state index in [1.54, 1.807) is 12.4 Å². The minimum Gasteiger partial charge on any atom is -0.338 e. The van der Waals surface area contributed by atoms with Gasteiger partial charge in [0.15, 0.2) is 5.82 Å². The summed E-state index contributed by atoms with van der Waals surface area (Å²) in [6.45, 7) is 5.59. The number of rotatable bonds is 5. The van der Waals surface area contributed by atoms with E-state index >= 15 is 0 Å². The predicted octanol–water partition coefficient (Wildman–Crippen LogP) is 1.95. The third-order valence-corrected chi connectivity index (χ3v) is 4.32. The first kappa shape index (κ1) is 15.9. The van der Waals surface area contributed by atoms with Crippen LogP contribution in [0.1, 0.15) is 43.7 Å². The highest BCUT2D eigenvalue weighted by Gasteiger charge is 2.22. The quantitative estimate of drug-likeness (QED) is 0.759.